The van der Waals surface area contributed by atoms with E-state index in [2.05, 4.69) is 0 Å². The highest BCUT2D eigenvalue weighted by atomic mass is 32.2. The van der Waals surface area contributed by atoms with E-state index in [-0.39, 0.29) is 10.8 Å². The second-order valence-electron chi connectivity index (χ2n) is 7.45. The Kier molecular flexibility index (Phi) is 8.03. The quantitative estimate of drug-likeness (QED) is 0.607. The summed E-state index contributed by atoms with van der Waals surface area (Å²) in [5, 5.41) is 0. The standard InChI is InChI=1S/C23H33N3O3S/c1-7-25(17-19-11-13-20(14-12-19)24(5)6)23(27)22-16-21(15-10-18(22)4)30(28,29)26(8-2)9-3/h10-16H,7-9,17H2,1-6H3. The van der Waals surface area contributed by atoms with Crippen molar-refractivity contribution in [1.29, 1.82) is 0 Å². The molecular formula is C23H33N3O3S. The lowest BCUT2D eigenvalue weighted by Crippen LogP contribution is -2.32. The number of hydrogen-bond donors (Lipinski definition) is 0. The SMILES string of the molecule is CCN(Cc1ccc(N(C)C)cc1)C(=O)c1cc(S(=O)(=O)N(CC)CC)ccc1C. The van der Waals surface area contributed by atoms with Gasteiger partial charge in [0.1, 0.15) is 0 Å². The fourth-order valence-corrected chi connectivity index (χ4v) is 4.81. The van der Waals surface area contributed by atoms with E-state index in [4.69, 9.17) is 0 Å². The number of hydrogen-bond acceptors (Lipinski definition) is 4. The van der Waals surface area contributed by atoms with Crippen LogP contribution in [0.1, 0.15) is 42.3 Å². The molecule has 2 aromatic carbocycles. The lowest BCUT2D eigenvalue weighted by molar-refractivity contribution is 0.0751. The van der Waals surface area contributed by atoms with Crippen LogP contribution in [0.15, 0.2) is 47.4 Å². The first-order valence-corrected chi connectivity index (χ1v) is 11.8. The first kappa shape index (κ1) is 23.9. The molecular weight excluding hydrogens is 398 g/mol. The number of benzene rings is 2. The Morgan fingerprint density at radius 1 is 0.900 bits per heavy atom. The highest BCUT2D eigenvalue weighted by Gasteiger charge is 2.25. The molecule has 30 heavy (non-hydrogen) atoms. The van der Waals surface area contributed by atoms with Gasteiger partial charge in [-0.15, -0.1) is 0 Å². The zero-order valence-corrected chi connectivity index (χ0v) is 19.7. The summed E-state index contributed by atoms with van der Waals surface area (Å²) in [6.45, 7) is 9.15. The van der Waals surface area contributed by atoms with Crippen LogP contribution in [0.4, 0.5) is 5.69 Å². The van der Waals surface area contributed by atoms with Gasteiger partial charge in [0, 0.05) is 51.5 Å². The second-order valence-corrected chi connectivity index (χ2v) is 9.38. The van der Waals surface area contributed by atoms with Gasteiger partial charge in [0.2, 0.25) is 10.0 Å². The van der Waals surface area contributed by atoms with Crippen LogP contribution in [-0.4, -0.2) is 57.3 Å². The van der Waals surface area contributed by atoms with Crippen molar-refractivity contribution in [2.45, 2.75) is 39.1 Å². The van der Waals surface area contributed by atoms with Crippen molar-refractivity contribution in [2.75, 3.05) is 38.6 Å². The molecule has 0 radical (unpaired) electrons. The zero-order chi connectivity index (χ0) is 22.5. The number of amides is 1. The van der Waals surface area contributed by atoms with Gasteiger partial charge < -0.3 is 9.80 Å². The summed E-state index contributed by atoms with van der Waals surface area (Å²) in [5.41, 5.74) is 3.31. The maximum absolute atomic E-state index is 13.3. The van der Waals surface area contributed by atoms with Crippen molar-refractivity contribution in [1.82, 2.24) is 9.21 Å². The van der Waals surface area contributed by atoms with E-state index in [1.54, 1.807) is 17.0 Å². The van der Waals surface area contributed by atoms with Crippen molar-refractivity contribution in [3.63, 3.8) is 0 Å². The Hall–Kier alpha value is -2.38. The monoisotopic (exact) mass is 431 g/mol. The molecule has 0 heterocycles. The predicted molar refractivity (Wildman–Crippen MR) is 122 cm³/mol. The number of rotatable bonds is 9. The smallest absolute Gasteiger partial charge is 0.254 e. The van der Waals surface area contributed by atoms with Crippen LogP contribution in [0.3, 0.4) is 0 Å². The fourth-order valence-electron chi connectivity index (χ4n) is 3.32. The lowest BCUT2D eigenvalue weighted by atomic mass is 10.1. The van der Waals surface area contributed by atoms with Crippen LogP contribution in [0.5, 0.6) is 0 Å². The van der Waals surface area contributed by atoms with Crippen molar-refractivity contribution < 1.29 is 13.2 Å². The molecule has 0 aromatic heterocycles. The number of sulfonamides is 1. The highest BCUT2D eigenvalue weighted by Crippen LogP contribution is 2.22. The average Bonchev–Trinajstić information content (AvgIpc) is 2.72. The normalized spacial score (nSPS) is 11.6. The minimum atomic E-state index is -3.62. The highest BCUT2D eigenvalue weighted by molar-refractivity contribution is 7.89. The van der Waals surface area contributed by atoms with E-state index in [9.17, 15) is 13.2 Å². The summed E-state index contributed by atoms with van der Waals surface area (Å²) < 4.78 is 27.2. The number of anilines is 1. The van der Waals surface area contributed by atoms with Crippen LogP contribution in [0.25, 0.3) is 0 Å². The summed E-state index contributed by atoms with van der Waals surface area (Å²) in [5.74, 6) is -0.164. The maximum atomic E-state index is 13.3. The number of carbonyl (C=O) groups excluding carboxylic acids is 1. The Bertz CT molecular complexity index is 966. The summed E-state index contributed by atoms with van der Waals surface area (Å²) in [6, 6.07) is 12.9. The lowest BCUT2D eigenvalue weighted by Gasteiger charge is -2.24. The number of aryl methyl sites for hydroxylation is 1. The third-order valence-corrected chi connectivity index (χ3v) is 7.32. The van der Waals surface area contributed by atoms with Gasteiger partial charge in [-0.1, -0.05) is 32.0 Å². The summed E-state index contributed by atoms with van der Waals surface area (Å²) in [6.07, 6.45) is 0. The van der Waals surface area contributed by atoms with E-state index >= 15 is 0 Å². The topological polar surface area (TPSA) is 60.9 Å². The van der Waals surface area contributed by atoms with Crippen LogP contribution in [0.2, 0.25) is 0 Å². The number of nitrogens with zero attached hydrogens (tertiary/aromatic N) is 3. The fraction of sp³-hybridized carbons (Fsp3) is 0.435. The molecule has 0 spiro atoms. The van der Waals surface area contributed by atoms with Gasteiger partial charge in [-0.3, -0.25) is 4.79 Å². The molecule has 7 heteroatoms. The van der Waals surface area contributed by atoms with E-state index in [0.717, 1.165) is 16.8 Å². The molecule has 164 valence electrons. The van der Waals surface area contributed by atoms with E-state index in [1.165, 1.54) is 10.4 Å². The zero-order valence-electron chi connectivity index (χ0n) is 18.8. The molecule has 0 aliphatic carbocycles. The van der Waals surface area contributed by atoms with Crippen molar-refractivity contribution in [3.8, 4) is 0 Å². The molecule has 6 nitrogen and oxygen atoms in total. The minimum absolute atomic E-state index is 0.159. The van der Waals surface area contributed by atoms with E-state index in [1.807, 2.05) is 71.0 Å². The molecule has 0 bridgehead atoms. The first-order chi connectivity index (χ1) is 14.1. The van der Waals surface area contributed by atoms with Gasteiger partial charge in [0.05, 0.1) is 4.90 Å². The van der Waals surface area contributed by atoms with Gasteiger partial charge in [0.15, 0.2) is 0 Å². The molecule has 2 aromatic rings. The van der Waals surface area contributed by atoms with Crippen LogP contribution in [-0.2, 0) is 16.6 Å². The third kappa shape index (κ3) is 5.21. The van der Waals surface area contributed by atoms with Gasteiger partial charge in [-0.25, -0.2) is 8.42 Å². The van der Waals surface area contributed by atoms with Gasteiger partial charge in [-0.05, 0) is 49.2 Å². The van der Waals surface area contributed by atoms with E-state index in [0.29, 0.717) is 31.7 Å². The minimum Gasteiger partial charge on any atom is -0.378 e. The third-order valence-electron chi connectivity index (χ3n) is 5.28. The van der Waals surface area contributed by atoms with E-state index < -0.39 is 10.0 Å². The molecule has 0 fully saturated rings. The molecule has 0 unspecified atom stereocenters. The Labute approximate surface area is 181 Å². The Morgan fingerprint density at radius 2 is 1.50 bits per heavy atom. The maximum Gasteiger partial charge on any atom is 0.254 e. The van der Waals surface area contributed by atoms with Gasteiger partial charge >= 0.3 is 0 Å². The van der Waals surface area contributed by atoms with Gasteiger partial charge in [-0.2, -0.15) is 4.31 Å². The Morgan fingerprint density at radius 3 is 2.00 bits per heavy atom. The van der Waals surface area contributed by atoms with Gasteiger partial charge in [0.25, 0.3) is 5.91 Å². The summed E-state index contributed by atoms with van der Waals surface area (Å²) in [7, 11) is 0.350. The summed E-state index contributed by atoms with van der Waals surface area (Å²) in [4.78, 5) is 17.2. The Balaban J connectivity index is 2.33. The predicted octanol–water partition coefficient (Wildman–Crippen LogP) is 3.75. The molecule has 0 aliphatic rings. The molecule has 0 N–H and O–H groups in total. The second kappa shape index (κ2) is 10.1. The molecule has 0 aliphatic heterocycles. The first-order valence-electron chi connectivity index (χ1n) is 10.3. The molecule has 0 atom stereocenters. The van der Waals surface area contributed by atoms with Crippen molar-refractivity contribution in [2.24, 2.45) is 0 Å². The van der Waals surface area contributed by atoms with Crippen LogP contribution in [0, 0.1) is 6.92 Å². The number of carbonyl (C=O) groups is 1. The summed E-state index contributed by atoms with van der Waals surface area (Å²) >= 11 is 0. The van der Waals surface area contributed by atoms with Crippen molar-refractivity contribution >= 4 is 21.6 Å². The van der Waals surface area contributed by atoms with Crippen LogP contribution >= 0.6 is 0 Å². The average molecular weight is 432 g/mol. The molecule has 2 rings (SSSR count). The largest absolute Gasteiger partial charge is 0.378 e. The molecule has 1 amide bonds. The molecule has 0 saturated heterocycles. The molecule has 0 saturated carbocycles. The van der Waals surface area contributed by atoms with Crippen molar-refractivity contribution in [3.05, 3.63) is 59.2 Å². The van der Waals surface area contributed by atoms with Crippen LogP contribution < -0.4 is 4.90 Å².